The van der Waals surface area contributed by atoms with Gasteiger partial charge in [0.05, 0.1) is 6.26 Å². The van der Waals surface area contributed by atoms with Crippen LogP contribution in [0.1, 0.15) is 70.6 Å². The van der Waals surface area contributed by atoms with E-state index in [9.17, 15) is 0 Å². The molecule has 110 valence electrons. The van der Waals surface area contributed by atoms with Crippen molar-refractivity contribution < 1.29 is 0 Å². The molecule has 0 radical (unpaired) electrons. The first-order valence-electron chi connectivity index (χ1n) is 8.20. The molecular formula is C17H31S2+. The quantitative estimate of drug-likeness (QED) is 0.418. The fraction of sp³-hybridized carbons (Fsp3) is 0.882. The Morgan fingerprint density at radius 2 is 1.58 bits per heavy atom. The Labute approximate surface area is 127 Å². The molecule has 0 nitrogen and oxygen atoms in total. The Morgan fingerprint density at radius 3 is 2.26 bits per heavy atom. The lowest BCUT2D eigenvalue weighted by atomic mass is 9.97. The molecule has 0 bridgehead atoms. The van der Waals surface area contributed by atoms with E-state index >= 15 is 0 Å². The van der Waals surface area contributed by atoms with Gasteiger partial charge in [0.15, 0.2) is 4.08 Å². The molecule has 0 aromatic rings. The number of hydrogen-bond donors (Lipinski definition) is 0. The highest BCUT2D eigenvalue weighted by Gasteiger charge is 2.48. The van der Waals surface area contributed by atoms with Crippen molar-refractivity contribution in [1.82, 2.24) is 0 Å². The molecular weight excluding hydrogens is 268 g/mol. The normalized spacial score (nSPS) is 35.6. The van der Waals surface area contributed by atoms with E-state index in [1.54, 1.807) is 5.57 Å². The van der Waals surface area contributed by atoms with E-state index in [0.29, 0.717) is 15.0 Å². The van der Waals surface area contributed by atoms with Crippen molar-refractivity contribution in [3.63, 3.8) is 0 Å². The van der Waals surface area contributed by atoms with E-state index in [4.69, 9.17) is 0 Å². The minimum absolute atomic E-state index is 0.470. The van der Waals surface area contributed by atoms with Crippen molar-refractivity contribution in [1.29, 1.82) is 0 Å². The van der Waals surface area contributed by atoms with Crippen molar-refractivity contribution in [3.8, 4) is 0 Å². The molecule has 1 saturated carbocycles. The van der Waals surface area contributed by atoms with E-state index < -0.39 is 0 Å². The summed E-state index contributed by atoms with van der Waals surface area (Å²) in [5.41, 5.74) is 1.60. The largest absolute Gasteiger partial charge is 0.193 e. The smallest absolute Gasteiger partial charge is 0.0975 e. The van der Waals surface area contributed by atoms with Crippen molar-refractivity contribution >= 4 is 22.7 Å². The molecule has 2 heteroatoms. The zero-order valence-electron chi connectivity index (χ0n) is 12.7. The Morgan fingerprint density at radius 1 is 0.947 bits per heavy atom. The lowest BCUT2D eigenvalue weighted by Gasteiger charge is -2.36. The van der Waals surface area contributed by atoms with E-state index in [1.165, 1.54) is 82.1 Å². The van der Waals surface area contributed by atoms with Crippen LogP contribution in [0.2, 0.25) is 0 Å². The summed E-state index contributed by atoms with van der Waals surface area (Å²) in [6.45, 7) is 4.56. The standard InChI is InChI=1S/C17H31S2/c1-16-12-9-7-5-3-4-6-8-10-13-17(16)18-14-11-15-19(17)2/h1,3-15H2,2H3/q+1. The Balaban J connectivity index is 2.03. The maximum atomic E-state index is 4.56. The van der Waals surface area contributed by atoms with Crippen LogP contribution >= 0.6 is 11.8 Å². The summed E-state index contributed by atoms with van der Waals surface area (Å²) in [5, 5.41) is 0. The van der Waals surface area contributed by atoms with E-state index in [1.807, 2.05) is 0 Å². The van der Waals surface area contributed by atoms with Crippen molar-refractivity contribution in [2.24, 2.45) is 0 Å². The molecule has 2 fully saturated rings. The minimum Gasteiger partial charge on any atom is -0.0975 e. The fourth-order valence-electron chi connectivity index (χ4n) is 3.50. The molecule has 19 heavy (non-hydrogen) atoms. The summed E-state index contributed by atoms with van der Waals surface area (Å²) in [6, 6.07) is 0. The summed E-state index contributed by atoms with van der Waals surface area (Å²) < 4.78 is 0.470. The van der Waals surface area contributed by atoms with Crippen LogP contribution in [0.25, 0.3) is 0 Å². The Kier molecular flexibility index (Phi) is 6.68. The van der Waals surface area contributed by atoms with Gasteiger partial charge in [-0.3, -0.25) is 0 Å². The average Bonchev–Trinajstić information content (AvgIpc) is 2.41. The molecule has 2 aliphatic rings. The van der Waals surface area contributed by atoms with Crippen LogP contribution < -0.4 is 0 Å². The van der Waals surface area contributed by atoms with Crippen LogP contribution in [0.15, 0.2) is 12.2 Å². The SMILES string of the molecule is C=C1CCCCCCCCCCC12SCCC[S+]2C. The number of thioether (sulfide) groups is 1. The van der Waals surface area contributed by atoms with Crippen LogP contribution in [-0.4, -0.2) is 21.8 Å². The van der Waals surface area contributed by atoms with E-state index in [0.717, 1.165) is 0 Å². The van der Waals surface area contributed by atoms with Crippen molar-refractivity contribution in [2.45, 2.75) is 74.7 Å². The first kappa shape index (κ1) is 15.8. The lowest BCUT2D eigenvalue weighted by molar-refractivity contribution is 0.535. The predicted molar refractivity (Wildman–Crippen MR) is 93.3 cm³/mol. The van der Waals surface area contributed by atoms with Crippen LogP contribution in [0.3, 0.4) is 0 Å². The summed E-state index contributed by atoms with van der Waals surface area (Å²) in [4.78, 5) is 0. The third-order valence-corrected chi connectivity index (χ3v) is 9.94. The monoisotopic (exact) mass is 299 g/mol. The minimum atomic E-state index is 0.470. The van der Waals surface area contributed by atoms with Gasteiger partial charge in [-0.1, -0.05) is 56.9 Å². The molecule has 0 amide bonds. The van der Waals surface area contributed by atoms with Gasteiger partial charge in [0, 0.05) is 29.5 Å². The van der Waals surface area contributed by atoms with Crippen LogP contribution in [-0.2, 0) is 10.9 Å². The van der Waals surface area contributed by atoms with Gasteiger partial charge in [-0.2, -0.15) is 0 Å². The average molecular weight is 300 g/mol. The van der Waals surface area contributed by atoms with E-state index in [2.05, 4.69) is 24.6 Å². The highest BCUT2D eigenvalue weighted by Crippen LogP contribution is 2.47. The predicted octanol–water partition coefficient (Wildman–Crippen LogP) is 5.54. The second kappa shape index (κ2) is 8.02. The van der Waals surface area contributed by atoms with Crippen molar-refractivity contribution in [2.75, 3.05) is 17.8 Å². The molecule has 1 heterocycles. The maximum absolute atomic E-state index is 4.56. The van der Waals surface area contributed by atoms with Gasteiger partial charge in [0.1, 0.15) is 5.75 Å². The van der Waals surface area contributed by atoms with Gasteiger partial charge in [-0.15, -0.1) is 0 Å². The highest BCUT2D eigenvalue weighted by atomic mass is 32.2. The first-order valence-corrected chi connectivity index (χ1v) is 11.0. The van der Waals surface area contributed by atoms with Crippen LogP contribution in [0, 0.1) is 0 Å². The second-order valence-electron chi connectivity index (χ2n) is 6.23. The molecule has 0 aromatic carbocycles. The van der Waals surface area contributed by atoms with Crippen molar-refractivity contribution in [3.05, 3.63) is 12.2 Å². The molecule has 2 unspecified atom stereocenters. The summed E-state index contributed by atoms with van der Waals surface area (Å²) in [6.07, 6.45) is 18.2. The lowest BCUT2D eigenvalue weighted by Crippen LogP contribution is -2.41. The van der Waals surface area contributed by atoms with Gasteiger partial charge < -0.3 is 0 Å². The molecule has 2 rings (SSSR count). The molecule has 1 aliphatic carbocycles. The number of hydrogen-bond acceptors (Lipinski definition) is 1. The molecule has 0 N–H and O–H groups in total. The topological polar surface area (TPSA) is 0 Å². The van der Waals surface area contributed by atoms with Gasteiger partial charge in [-0.25, -0.2) is 0 Å². The molecule has 2 atom stereocenters. The first-order chi connectivity index (χ1) is 9.26. The Bertz CT molecular complexity index is 287. The summed E-state index contributed by atoms with van der Waals surface area (Å²) >= 11 is 2.27. The Hall–Kier alpha value is 0.440. The molecule has 0 aromatic heterocycles. The molecule has 1 aliphatic heterocycles. The molecule has 1 saturated heterocycles. The van der Waals surface area contributed by atoms with Gasteiger partial charge >= 0.3 is 0 Å². The summed E-state index contributed by atoms with van der Waals surface area (Å²) in [5.74, 6) is 2.82. The van der Waals surface area contributed by atoms with Crippen LogP contribution in [0.5, 0.6) is 0 Å². The zero-order valence-corrected chi connectivity index (χ0v) is 14.3. The van der Waals surface area contributed by atoms with Gasteiger partial charge in [0.2, 0.25) is 0 Å². The number of rotatable bonds is 0. The zero-order chi connectivity index (χ0) is 13.6. The second-order valence-corrected chi connectivity index (χ2v) is 10.3. The molecule has 1 spiro atoms. The highest BCUT2D eigenvalue weighted by molar-refractivity contribution is 8.17. The third kappa shape index (κ3) is 4.20. The summed E-state index contributed by atoms with van der Waals surface area (Å²) in [7, 11) is 0.556. The van der Waals surface area contributed by atoms with Gasteiger partial charge in [0.25, 0.3) is 0 Å². The fourth-order valence-corrected chi connectivity index (χ4v) is 8.19. The van der Waals surface area contributed by atoms with Crippen LogP contribution in [0.4, 0.5) is 0 Å². The maximum Gasteiger partial charge on any atom is 0.193 e. The third-order valence-electron chi connectivity index (χ3n) is 4.77. The van der Waals surface area contributed by atoms with E-state index in [-0.39, 0.29) is 0 Å². The van der Waals surface area contributed by atoms with Gasteiger partial charge in [-0.05, 0) is 24.8 Å².